The minimum absolute atomic E-state index is 0.226. The Kier molecular flexibility index (Phi) is 7.58. The minimum Gasteiger partial charge on any atom is -0.357 e. The summed E-state index contributed by atoms with van der Waals surface area (Å²) in [5, 5.41) is 7.06. The van der Waals surface area contributed by atoms with E-state index in [1.54, 1.807) is 0 Å². The van der Waals surface area contributed by atoms with Crippen LogP contribution < -0.4 is 10.6 Å². The fraction of sp³-hybridized carbons (Fsp3) is 0.667. The Morgan fingerprint density at radius 2 is 1.87 bits per heavy atom. The van der Waals surface area contributed by atoms with Gasteiger partial charge in [-0.1, -0.05) is 30.3 Å². The van der Waals surface area contributed by atoms with Crippen LogP contribution in [0.15, 0.2) is 35.3 Å². The molecule has 6 heteroatoms. The molecule has 30 heavy (non-hydrogen) atoms. The molecule has 2 aliphatic carbocycles. The zero-order valence-electron chi connectivity index (χ0n) is 18.2. The number of thioether (sulfide) groups is 1. The van der Waals surface area contributed by atoms with E-state index in [0.29, 0.717) is 23.8 Å². The molecule has 1 aromatic carbocycles. The molecule has 1 aromatic rings. The van der Waals surface area contributed by atoms with Crippen molar-refractivity contribution in [3.63, 3.8) is 0 Å². The maximum atomic E-state index is 12.8. The highest BCUT2D eigenvalue weighted by molar-refractivity contribution is 7.99. The summed E-state index contributed by atoms with van der Waals surface area (Å²) in [7, 11) is 0. The number of aliphatic imine (C=N–C) groups is 1. The molecular weight excluding hydrogens is 392 g/mol. The Hall–Kier alpha value is -1.69. The maximum absolute atomic E-state index is 12.8. The summed E-state index contributed by atoms with van der Waals surface area (Å²) in [4.78, 5) is 19.8. The van der Waals surface area contributed by atoms with Gasteiger partial charge in [-0.25, -0.2) is 0 Å². The number of carbonyl (C=O) groups is 1. The molecule has 3 fully saturated rings. The lowest BCUT2D eigenvalue weighted by Gasteiger charge is -2.34. The normalized spacial score (nSPS) is 29.4. The molecule has 2 saturated carbocycles. The second-order valence-electron chi connectivity index (χ2n) is 8.86. The first-order valence-corrected chi connectivity index (χ1v) is 12.9. The summed E-state index contributed by atoms with van der Waals surface area (Å²) in [6.45, 7) is 5.75. The first-order chi connectivity index (χ1) is 14.7. The lowest BCUT2D eigenvalue weighted by atomic mass is 9.85. The van der Waals surface area contributed by atoms with Crippen molar-refractivity contribution >= 4 is 23.6 Å². The standard InChI is InChI=1S/C24H36N4OS/c1-2-25-24(26-17-20-16-22(20)18-6-4-3-5-7-18)27-21-10-8-19(9-11-21)23(29)28-12-14-30-15-13-28/h3-7,19-22H,2,8-17H2,1H3,(H2,25,26,27). The highest BCUT2D eigenvalue weighted by Crippen LogP contribution is 2.47. The molecule has 0 aromatic heterocycles. The van der Waals surface area contributed by atoms with Gasteiger partial charge in [0.25, 0.3) is 0 Å². The molecular formula is C24H36N4OS. The molecule has 1 aliphatic heterocycles. The number of amides is 1. The van der Waals surface area contributed by atoms with Crippen molar-refractivity contribution in [1.82, 2.24) is 15.5 Å². The van der Waals surface area contributed by atoms with Crippen LogP contribution in [0.3, 0.4) is 0 Å². The van der Waals surface area contributed by atoms with E-state index in [1.807, 2.05) is 11.8 Å². The molecule has 2 unspecified atom stereocenters. The monoisotopic (exact) mass is 428 g/mol. The first kappa shape index (κ1) is 21.5. The number of carbonyl (C=O) groups excluding carboxylic acids is 1. The maximum Gasteiger partial charge on any atom is 0.225 e. The van der Waals surface area contributed by atoms with Gasteiger partial charge in [-0.2, -0.15) is 11.8 Å². The summed E-state index contributed by atoms with van der Waals surface area (Å²) < 4.78 is 0. The number of hydrogen-bond acceptors (Lipinski definition) is 3. The summed E-state index contributed by atoms with van der Waals surface area (Å²) in [5.74, 6) is 5.10. The second kappa shape index (κ2) is 10.6. The third-order valence-corrected chi connectivity index (χ3v) is 7.66. The van der Waals surface area contributed by atoms with Gasteiger partial charge in [0.1, 0.15) is 0 Å². The summed E-state index contributed by atoms with van der Waals surface area (Å²) >= 11 is 1.96. The van der Waals surface area contributed by atoms with Crippen LogP contribution >= 0.6 is 11.8 Å². The SMILES string of the molecule is CCNC(=NCC1CC1c1ccccc1)NC1CCC(C(=O)N2CCSCC2)CC1. The highest BCUT2D eigenvalue weighted by atomic mass is 32.2. The van der Waals surface area contributed by atoms with Crippen LogP contribution in [-0.4, -0.2) is 60.5 Å². The largest absolute Gasteiger partial charge is 0.357 e. The van der Waals surface area contributed by atoms with Crippen LogP contribution in [0.25, 0.3) is 0 Å². The lowest BCUT2D eigenvalue weighted by Crippen LogP contribution is -2.47. The van der Waals surface area contributed by atoms with Gasteiger partial charge in [-0.3, -0.25) is 9.79 Å². The molecule has 0 radical (unpaired) electrons. The van der Waals surface area contributed by atoms with E-state index in [4.69, 9.17) is 4.99 Å². The van der Waals surface area contributed by atoms with Crippen molar-refractivity contribution in [3.8, 4) is 0 Å². The lowest BCUT2D eigenvalue weighted by molar-refractivity contribution is -0.136. The fourth-order valence-electron chi connectivity index (χ4n) is 4.81. The molecule has 164 valence electrons. The van der Waals surface area contributed by atoms with Gasteiger partial charge in [-0.05, 0) is 56.4 Å². The molecule has 1 heterocycles. The molecule has 5 nitrogen and oxygen atoms in total. The van der Waals surface area contributed by atoms with Crippen molar-refractivity contribution in [3.05, 3.63) is 35.9 Å². The zero-order valence-corrected chi connectivity index (χ0v) is 19.0. The van der Waals surface area contributed by atoms with Gasteiger partial charge in [0.05, 0.1) is 0 Å². The molecule has 1 saturated heterocycles. The first-order valence-electron chi connectivity index (χ1n) is 11.7. The van der Waals surface area contributed by atoms with Crippen LogP contribution in [-0.2, 0) is 4.79 Å². The van der Waals surface area contributed by atoms with Gasteiger partial charge in [-0.15, -0.1) is 0 Å². The topological polar surface area (TPSA) is 56.7 Å². The van der Waals surface area contributed by atoms with Gasteiger partial charge in [0.2, 0.25) is 5.91 Å². The molecule has 2 N–H and O–H groups in total. The quantitative estimate of drug-likeness (QED) is 0.538. The molecule has 2 atom stereocenters. The Bertz CT molecular complexity index is 711. The van der Waals surface area contributed by atoms with E-state index in [9.17, 15) is 4.79 Å². The average Bonchev–Trinajstić information content (AvgIpc) is 3.59. The molecule has 1 amide bonds. The van der Waals surface area contributed by atoms with E-state index in [0.717, 1.165) is 69.3 Å². The Labute approximate surface area is 185 Å². The molecule has 0 spiro atoms. The number of nitrogens with one attached hydrogen (secondary N) is 2. The predicted octanol–water partition coefficient (Wildman–Crippen LogP) is 3.48. The van der Waals surface area contributed by atoms with Crippen molar-refractivity contribution in [2.45, 2.75) is 51.0 Å². The van der Waals surface area contributed by atoms with Crippen molar-refractivity contribution in [2.24, 2.45) is 16.8 Å². The fourth-order valence-corrected chi connectivity index (χ4v) is 5.71. The van der Waals surface area contributed by atoms with Gasteiger partial charge in [0.15, 0.2) is 5.96 Å². The van der Waals surface area contributed by atoms with Crippen LogP contribution in [0.2, 0.25) is 0 Å². The Balaban J connectivity index is 1.23. The van der Waals surface area contributed by atoms with Crippen molar-refractivity contribution in [1.29, 1.82) is 0 Å². The number of benzene rings is 1. The van der Waals surface area contributed by atoms with Gasteiger partial charge < -0.3 is 15.5 Å². The van der Waals surface area contributed by atoms with Gasteiger partial charge >= 0.3 is 0 Å². The van der Waals surface area contributed by atoms with Crippen LogP contribution in [0.1, 0.15) is 50.5 Å². The highest BCUT2D eigenvalue weighted by Gasteiger charge is 2.38. The third kappa shape index (κ3) is 5.71. The van der Waals surface area contributed by atoms with E-state index in [1.165, 1.54) is 12.0 Å². The Morgan fingerprint density at radius 3 is 2.57 bits per heavy atom. The Morgan fingerprint density at radius 1 is 1.13 bits per heavy atom. The summed E-state index contributed by atoms with van der Waals surface area (Å²) in [6, 6.07) is 11.2. The van der Waals surface area contributed by atoms with E-state index < -0.39 is 0 Å². The van der Waals surface area contributed by atoms with E-state index >= 15 is 0 Å². The predicted molar refractivity (Wildman–Crippen MR) is 126 cm³/mol. The second-order valence-corrected chi connectivity index (χ2v) is 10.1. The van der Waals surface area contributed by atoms with E-state index in [2.05, 4.69) is 52.8 Å². The summed E-state index contributed by atoms with van der Waals surface area (Å²) in [5.41, 5.74) is 1.45. The number of rotatable bonds is 6. The molecule has 3 aliphatic rings. The van der Waals surface area contributed by atoms with Crippen LogP contribution in [0.5, 0.6) is 0 Å². The average molecular weight is 429 g/mol. The molecule has 4 rings (SSSR count). The minimum atomic E-state index is 0.226. The van der Waals surface area contributed by atoms with Crippen molar-refractivity contribution in [2.75, 3.05) is 37.7 Å². The number of hydrogen-bond donors (Lipinski definition) is 2. The number of guanidine groups is 1. The number of nitrogens with zero attached hydrogens (tertiary/aromatic N) is 2. The molecule has 0 bridgehead atoms. The van der Waals surface area contributed by atoms with Crippen LogP contribution in [0, 0.1) is 11.8 Å². The summed E-state index contributed by atoms with van der Waals surface area (Å²) in [6.07, 6.45) is 5.35. The smallest absolute Gasteiger partial charge is 0.225 e. The third-order valence-electron chi connectivity index (χ3n) is 6.72. The van der Waals surface area contributed by atoms with Crippen molar-refractivity contribution < 1.29 is 4.79 Å². The zero-order chi connectivity index (χ0) is 20.8. The van der Waals surface area contributed by atoms with Crippen LogP contribution in [0.4, 0.5) is 0 Å². The van der Waals surface area contributed by atoms with E-state index in [-0.39, 0.29) is 5.92 Å². The van der Waals surface area contributed by atoms with Gasteiger partial charge in [0, 0.05) is 49.6 Å².